The molecule has 6 nitrogen and oxygen atoms in total. The summed E-state index contributed by atoms with van der Waals surface area (Å²) in [4.78, 5) is 18.4. The number of nitrogen functional groups attached to an aromatic ring is 1. The first-order chi connectivity index (χ1) is 10.1. The van der Waals surface area contributed by atoms with Gasteiger partial charge in [0.25, 0.3) is 0 Å². The van der Waals surface area contributed by atoms with E-state index in [0.29, 0.717) is 29.5 Å². The second kappa shape index (κ2) is 5.75. The van der Waals surface area contributed by atoms with E-state index in [4.69, 9.17) is 17.3 Å². The van der Waals surface area contributed by atoms with Gasteiger partial charge in [0.05, 0.1) is 23.8 Å². The van der Waals surface area contributed by atoms with E-state index in [1.807, 2.05) is 6.20 Å². The van der Waals surface area contributed by atoms with Crippen LogP contribution in [0.15, 0.2) is 30.6 Å². The summed E-state index contributed by atoms with van der Waals surface area (Å²) in [6.07, 6.45) is 3.75. The van der Waals surface area contributed by atoms with Crippen LogP contribution in [0.5, 0.6) is 0 Å². The van der Waals surface area contributed by atoms with Gasteiger partial charge in [-0.15, -0.1) is 0 Å². The summed E-state index contributed by atoms with van der Waals surface area (Å²) in [5.41, 5.74) is 6.82. The van der Waals surface area contributed by atoms with E-state index in [2.05, 4.69) is 19.8 Å². The Kier molecular flexibility index (Phi) is 3.81. The van der Waals surface area contributed by atoms with Crippen molar-refractivity contribution < 1.29 is 4.79 Å². The summed E-state index contributed by atoms with van der Waals surface area (Å²) in [6, 6.07) is 5.06. The molecule has 0 atom stereocenters. The van der Waals surface area contributed by atoms with E-state index in [-0.39, 0.29) is 5.91 Å². The lowest BCUT2D eigenvalue weighted by Gasteiger charge is -2.26. The van der Waals surface area contributed by atoms with E-state index in [9.17, 15) is 4.79 Å². The minimum absolute atomic E-state index is 0.0725. The molecule has 0 saturated carbocycles. The third-order valence-corrected chi connectivity index (χ3v) is 3.82. The van der Waals surface area contributed by atoms with Gasteiger partial charge in [-0.3, -0.25) is 9.69 Å². The number of nitrogens with zero attached hydrogens (tertiary/aromatic N) is 3. The van der Waals surface area contributed by atoms with Gasteiger partial charge in [-0.25, -0.2) is 4.98 Å². The summed E-state index contributed by atoms with van der Waals surface area (Å²) < 4.78 is 2.11. The van der Waals surface area contributed by atoms with Crippen LogP contribution in [0.3, 0.4) is 0 Å². The van der Waals surface area contributed by atoms with Crippen LogP contribution in [0.1, 0.15) is 5.82 Å². The quantitative estimate of drug-likeness (QED) is 0.844. The van der Waals surface area contributed by atoms with Gasteiger partial charge in [0.15, 0.2) is 0 Å². The summed E-state index contributed by atoms with van der Waals surface area (Å²) in [7, 11) is 0. The maximum Gasteiger partial charge on any atom is 0.238 e. The first-order valence-corrected chi connectivity index (χ1v) is 7.07. The predicted molar refractivity (Wildman–Crippen MR) is 82.0 cm³/mol. The minimum Gasteiger partial charge on any atom is -0.397 e. The molecule has 3 rings (SSSR count). The van der Waals surface area contributed by atoms with Crippen LogP contribution in [-0.2, 0) is 17.9 Å². The van der Waals surface area contributed by atoms with Gasteiger partial charge in [-0.1, -0.05) is 11.6 Å². The monoisotopic (exact) mass is 305 g/mol. The number of hydrogen-bond donors (Lipinski definition) is 2. The molecule has 21 heavy (non-hydrogen) atoms. The Morgan fingerprint density at radius 1 is 1.43 bits per heavy atom. The molecular formula is C14H16ClN5O. The van der Waals surface area contributed by atoms with Gasteiger partial charge >= 0.3 is 0 Å². The molecule has 0 fully saturated rings. The number of anilines is 2. The number of nitrogens with two attached hydrogens (primary N) is 1. The number of nitrogens with one attached hydrogen (secondary N) is 1. The Hall–Kier alpha value is -2.05. The average molecular weight is 306 g/mol. The molecule has 110 valence electrons. The van der Waals surface area contributed by atoms with Gasteiger partial charge < -0.3 is 15.6 Å². The lowest BCUT2D eigenvalue weighted by atomic mass is 10.2. The van der Waals surface area contributed by atoms with E-state index < -0.39 is 0 Å². The van der Waals surface area contributed by atoms with Crippen LogP contribution in [-0.4, -0.2) is 33.4 Å². The molecular weight excluding hydrogens is 290 g/mol. The molecule has 3 N–H and O–H groups in total. The summed E-state index contributed by atoms with van der Waals surface area (Å²) in [6.45, 7) is 2.70. The molecule has 0 radical (unpaired) electrons. The third-order valence-electron chi connectivity index (χ3n) is 3.47. The average Bonchev–Trinajstić information content (AvgIpc) is 2.90. The van der Waals surface area contributed by atoms with Crippen LogP contribution in [0.2, 0.25) is 5.02 Å². The number of imidazole rings is 1. The Labute approximate surface area is 127 Å². The molecule has 1 aromatic heterocycles. The number of rotatable bonds is 3. The van der Waals surface area contributed by atoms with Crippen molar-refractivity contribution in [2.75, 3.05) is 24.1 Å². The van der Waals surface area contributed by atoms with Gasteiger partial charge in [-0.05, 0) is 18.2 Å². The third kappa shape index (κ3) is 3.17. The molecule has 1 aliphatic rings. The van der Waals surface area contributed by atoms with Crippen molar-refractivity contribution in [3.63, 3.8) is 0 Å². The topological polar surface area (TPSA) is 76.2 Å². The van der Waals surface area contributed by atoms with Crippen molar-refractivity contribution in [1.82, 2.24) is 14.5 Å². The Bertz CT molecular complexity index is 669. The lowest BCUT2D eigenvalue weighted by Crippen LogP contribution is -2.39. The molecule has 7 heteroatoms. The maximum absolute atomic E-state index is 12.1. The zero-order valence-corrected chi connectivity index (χ0v) is 12.2. The number of fused-ring (bicyclic) bond motifs is 1. The molecule has 1 aliphatic heterocycles. The standard InChI is InChI=1S/C14H16ClN5O/c15-11-2-1-10(7-12(11)16)18-14(21)9-19-5-6-20-4-3-17-13(20)8-19/h1-4,7H,5-6,8-9,16H2,(H,18,21). The predicted octanol–water partition coefficient (Wildman–Crippen LogP) is 1.57. The van der Waals surface area contributed by atoms with Crippen molar-refractivity contribution in [1.29, 1.82) is 0 Å². The van der Waals surface area contributed by atoms with Gasteiger partial charge in [0, 0.05) is 31.2 Å². The number of hydrogen-bond acceptors (Lipinski definition) is 4. The number of benzene rings is 1. The number of carbonyl (C=O) groups is 1. The van der Waals surface area contributed by atoms with Crippen LogP contribution in [0.4, 0.5) is 11.4 Å². The fourth-order valence-electron chi connectivity index (χ4n) is 2.38. The molecule has 2 aromatic rings. The Morgan fingerprint density at radius 2 is 2.29 bits per heavy atom. The minimum atomic E-state index is -0.0725. The highest BCUT2D eigenvalue weighted by Gasteiger charge is 2.18. The fraction of sp³-hybridized carbons (Fsp3) is 0.286. The molecule has 0 unspecified atom stereocenters. The molecule has 0 spiro atoms. The second-order valence-electron chi connectivity index (χ2n) is 5.03. The van der Waals surface area contributed by atoms with E-state index >= 15 is 0 Å². The van der Waals surface area contributed by atoms with Crippen molar-refractivity contribution in [3.05, 3.63) is 41.4 Å². The molecule has 0 saturated heterocycles. The molecule has 1 amide bonds. The fourth-order valence-corrected chi connectivity index (χ4v) is 2.50. The second-order valence-corrected chi connectivity index (χ2v) is 5.44. The smallest absolute Gasteiger partial charge is 0.238 e. The summed E-state index contributed by atoms with van der Waals surface area (Å²) in [5.74, 6) is 0.918. The van der Waals surface area contributed by atoms with Gasteiger partial charge in [0.1, 0.15) is 5.82 Å². The maximum atomic E-state index is 12.1. The highest BCUT2D eigenvalue weighted by molar-refractivity contribution is 6.33. The normalized spacial score (nSPS) is 14.7. The Balaban J connectivity index is 1.58. The first kappa shape index (κ1) is 13.9. The molecule has 0 bridgehead atoms. The summed E-state index contributed by atoms with van der Waals surface area (Å²) in [5, 5.41) is 3.31. The molecule has 2 heterocycles. The number of amides is 1. The first-order valence-electron chi connectivity index (χ1n) is 6.69. The van der Waals surface area contributed by atoms with Crippen molar-refractivity contribution in [2.24, 2.45) is 0 Å². The van der Waals surface area contributed by atoms with Crippen LogP contribution >= 0.6 is 11.6 Å². The van der Waals surface area contributed by atoms with Crippen LogP contribution in [0.25, 0.3) is 0 Å². The summed E-state index contributed by atoms with van der Waals surface area (Å²) >= 11 is 5.85. The van der Waals surface area contributed by atoms with Crippen molar-refractivity contribution >= 4 is 28.9 Å². The Morgan fingerprint density at radius 3 is 3.10 bits per heavy atom. The number of halogens is 1. The number of carbonyl (C=O) groups excluding carboxylic acids is 1. The molecule has 0 aliphatic carbocycles. The lowest BCUT2D eigenvalue weighted by molar-refractivity contribution is -0.117. The highest BCUT2D eigenvalue weighted by Crippen LogP contribution is 2.22. The van der Waals surface area contributed by atoms with E-state index in [0.717, 1.165) is 18.9 Å². The zero-order chi connectivity index (χ0) is 14.8. The van der Waals surface area contributed by atoms with Crippen molar-refractivity contribution in [3.8, 4) is 0 Å². The zero-order valence-electron chi connectivity index (χ0n) is 11.4. The highest BCUT2D eigenvalue weighted by atomic mass is 35.5. The van der Waals surface area contributed by atoms with Gasteiger partial charge in [0.2, 0.25) is 5.91 Å². The van der Waals surface area contributed by atoms with E-state index in [1.165, 1.54) is 0 Å². The van der Waals surface area contributed by atoms with Crippen molar-refractivity contribution in [2.45, 2.75) is 13.1 Å². The van der Waals surface area contributed by atoms with E-state index in [1.54, 1.807) is 24.4 Å². The van der Waals surface area contributed by atoms with Gasteiger partial charge in [-0.2, -0.15) is 0 Å². The SMILES string of the molecule is Nc1cc(NC(=O)CN2CCn3ccnc3C2)ccc1Cl. The number of aromatic nitrogens is 2. The van der Waals surface area contributed by atoms with Crippen LogP contribution < -0.4 is 11.1 Å². The largest absolute Gasteiger partial charge is 0.397 e. The molecule has 1 aromatic carbocycles. The van der Waals surface area contributed by atoms with Crippen LogP contribution in [0, 0.1) is 0 Å².